The highest BCUT2D eigenvalue weighted by Crippen LogP contribution is 2.23. The lowest BCUT2D eigenvalue weighted by atomic mass is 10.1. The molecule has 0 spiro atoms. The number of nitrogens with one attached hydrogen (secondary N) is 2. The van der Waals surface area contributed by atoms with Crippen molar-refractivity contribution < 1.29 is 9.59 Å². The van der Waals surface area contributed by atoms with Crippen molar-refractivity contribution in [3.8, 4) is 11.3 Å². The monoisotopic (exact) mass is 361 g/mol. The van der Waals surface area contributed by atoms with Crippen LogP contribution in [0.5, 0.6) is 0 Å². The zero-order chi connectivity index (χ0) is 19.2. The van der Waals surface area contributed by atoms with Crippen LogP contribution in [0.3, 0.4) is 0 Å². The second kappa shape index (κ2) is 8.09. The largest absolute Gasteiger partial charge is 0.396 e. The SMILES string of the molecule is CCC(=O)Nc1ccc(C(=O)Nc2nc(-c3ccccc3)ccc2N)nc1. The zero-order valence-electron chi connectivity index (χ0n) is 14.8. The fourth-order valence-electron chi connectivity index (χ4n) is 2.36. The molecule has 0 aliphatic heterocycles. The van der Waals surface area contributed by atoms with E-state index in [1.165, 1.54) is 12.3 Å². The normalized spacial score (nSPS) is 10.3. The van der Waals surface area contributed by atoms with E-state index in [4.69, 9.17) is 5.73 Å². The Bertz CT molecular complexity index is 956. The highest BCUT2D eigenvalue weighted by atomic mass is 16.2. The Morgan fingerprint density at radius 3 is 2.44 bits per heavy atom. The summed E-state index contributed by atoms with van der Waals surface area (Å²) in [4.78, 5) is 32.3. The van der Waals surface area contributed by atoms with Gasteiger partial charge in [-0.15, -0.1) is 0 Å². The molecule has 2 heterocycles. The van der Waals surface area contributed by atoms with E-state index in [2.05, 4.69) is 20.6 Å². The van der Waals surface area contributed by atoms with E-state index in [0.717, 1.165) is 5.56 Å². The average molecular weight is 361 g/mol. The van der Waals surface area contributed by atoms with Gasteiger partial charge in [-0.1, -0.05) is 37.3 Å². The van der Waals surface area contributed by atoms with Gasteiger partial charge in [0, 0.05) is 12.0 Å². The lowest BCUT2D eigenvalue weighted by Crippen LogP contribution is -2.16. The number of aromatic nitrogens is 2. The van der Waals surface area contributed by atoms with E-state index in [-0.39, 0.29) is 17.4 Å². The van der Waals surface area contributed by atoms with Gasteiger partial charge in [0.15, 0.2) is 5.82 Å². The number of nitrogens with two attached hydrogens (primary N) is 1. The molecule has 0 bridgehead atoms. The fourth-order valence-corrected chi connectivity index (χ4v) is 2.36. The van der Waals surface area contributed by atoms with Gasteiger partial charge >= 0.3 is 0 Å². The number of rotatable bonds is 5. The molecule has 4 N–H and O–H groups in total. The van der Waals surface area contributed by atoms with Gasteiger partial charge < -0.3 is 16.4 Å². The summed E-state index contributed by atoms with van der Waals surface area (Å²) >= 11 is 0. The average Bonchev–Trinajstić information content (AvgIpc) is 2.70. The molecule has 7 nitrogen and oxygen atoms in total. The second-order valence-corrected chi connectivity index (χ2v) is 5.79. The lowest BCUT2D eigenvalue weighted by Gasteiger charge is -2.10. The minimum absolute atomic E-state index is 0.122. The maximum atomic E-state index is 12.4. The number of carbonyl (C=O) groups is 2. The van der Waals surface area contributed by atoms with Crippen LogP contribution >= 0.6 is 0 Å². The standard InChI is InChI=1S/C20H19N5O2/c1-2-18(26)23-14-8-10-17(22-12-14)20(27)25-19-15(21)9-11-16(24-19)13-6-4-3-5-7-13/h3-12H,2,21H2,1H3,(H,23,26)(H,24,25,27). The number of carbonyl (C=O) groups excluding carboxylic acids is 2. The number of nitrogens with zero attached hydrogens (tertiary/aromatic N) is 2. The van der Waals surface area contributed by atoms with Gasteiger partial charge in [-0.3, -0.25) is 9.59 Å². The van der Waals surface area contributed by atoms with Crippen molar-refractivity contribution in [3.63, 3.8) is 0 Å². The van der Waals surface area contributed by atoms with Crippen LogP contribution in [0.2, 0.25) is 0 Å². The summed E-state index contributed by atoms with van der Waals surface area (Å²) in [5.41, 5.74) is 8.64. The van der Waals surface area contributed by atoms with Crippen molar-refractivity contribution in [2.24, 2.45) is 0 Å². The Kier molecular flexibility index (Phi) is 5.41. The Hall–Kier alpha value is -3.74. The molecule has 0 unspecified atom stereocenters. The summed E-state index contributed by atoms with van der Waals surface area (Å²) in [5, 5.41) is 5.36. The summed E-state index contributed by atoms with van der Waals surface area (Å²) in [7, 11) is 0. The number of pyridine rings is 2. The third-order valence-corrected chi connectivity index (χ3v) is 3.83. The first-order valence-electron chi connectivity index (χ1n) is 8.46. The number of anilines is 3. The predicted octanol–water partition coefficient (Wildman–Crippen LogP) is 3.33. The number of nitrogen functional groups attached to an aromatic ring is 1. The van der Waals surface area contributed by atoms with Gasteiger partial charge in [-0.25, -0.2) is 9.97 Å². The summed E-state index contributed by atoms with van der Waals surface area (Å²) < 4.78 is 0. The minimum atomic E-state index is -0.437. The molecule has 0 saturated heterocycles. The van der Waals surface area contributed by atoms with E-state index in [1.54, 1.807) is 25.1 Å². The summed E-state index contributed by atoms with van der Waals surface area (Å²) in [6.45, 7) is 1.76. The molecule has 2 amide bonds. The Labute approximate surface area is 156 Å². The lowest BCUT2D eigenvalue weighted by molar-refractivity contribution is -0.115. The van der Waals surface area contributed by atoms with Crippen LogP contribution < -0.4 is 16.4 Å². The van der Waals surface area contributed by atoms with Gasteiger partial charge in [-0.2, -0.15) is 0 Å². The van der Waals surface area contributed by atoms with E-state index in [9.17, 15) is 9.59 Å². The second-order valence-electron chi connectivity index (χ2n) is 5.79. The van der Waals surface area contributed by atoms with Crippen molar-refractivity contribution in [1.29, 1.82) is 0 Å². The molecule has 1 aromatic carbocycles. The first kappa shape index (κ1) is 18.1. The number of benzene rings is 1. The maximum Gasteiger partial charge on any atom is 0.275 e. The van der Waals surface area contributed by atoms with Gasteiger partial charge in [0.2, 0.25) is 5.91 Å². The maximum absolute atomic E-state index is 12.4. The summed E-state index contributed by atoms with van der Waals surface area (Å²) in [6, 6.07) is 16.2. The van der Waals surface area contributed by atoms with Crippen molar-refractivity contribution in [1.82, 2.24) is 9.97 Å². The van der Waals surface area contributed by atoms with E-state index < -0.39 is 5.91 Å². The molecule has 0 aliphatic rings. The van der Waals surface area contributed by atoms with Crippen LogP contribution in [0.1, 0.15) is 23.8 Å². The third kappa shape index (κ3) is 4.46. The van der Waals surface area contributed by atoms with Crippen molar-refractivity contribution in [2.75, 3.05) is 16.4 Å². The highest BCUT2D eigenvalue weighted by molar-refractivity contribution is 6.04. The van der Waals surface area contributed by atoms with Crippen molar-refractivity contribution >= 4 is 29.0 Å². The summed E-state index contributed by atoms with van der Waals surface area (Å²) in [5.74, 6) is -0.289. The molecule has 0 atom stereocenters. The molecule has 0 aliphatic carbocycles. The number of hydrogen-bond donors (Lipinski definition) is 3. The fraction of sp³-hybridized carbons (Fsp3) is 0.100. The van der Waals surface area contributed by atoms with Gasteiger partial charge in [-0.05, 0) is 24.3 Å². The molecule has 2 aromatic heterocycles. The molecule has 3 rings (SSSR count). The number of amides is 2. The Morgan fingerprint density at radius 1 is 1.00 bits per heavy atom. The molecule has 0 radical (unpaired) electrons. The van der Waals surface area contributed by atoms with Gasteiger partial charge in [0.1, 0.15) is 5.69 Å². The molecular weight excluding hydrogens is 342 g/mol. The minimum Gasteiger partial charge on any atom is -0.396 e. The van der Waals surface area contributed by atoms with Crippen molar-refractivity contribution in [2.45, 2.75) is 13.3 Å². The molecular formula is C20H19N5O2. The number of hydrogen-bond acceptors (Lipinski definition) is 5. The zero-order valence-corrected chi connectivity index (χ0v) is 14.8. The predicted molar refractivity (Wildman–Crippen MR) is 105 cm³/mol. The van der Waals surface area contributed by atoms with Crippen molar-refractivity contribution in [3.05, 3.63) is 66.5 Å². The van der Waals surface area contributed by atoms with Crippen LogP contribution in [-0.2, 0) is 4.79 Å². The van der Waals surface area contributed by atoms with Crippen LogP contribution in [0, 0.1) is 0 Å². The Balaban J connectivity index is 1.76. The highest BCUT2D eigenvalue weighted by Gasteiger charge is 2.12. The quantitative estimate of drug-likeness (QED) is 0.646. The van der Waals surface area contributed by atoms with E-state index in [1.807, 2.05) is 30.3 Å². The first-order chi connectivity index (χ1) is 13.1. The smallest absolute Gasteiger partial charge is 0.275 e. The molecule has 0 fully saturated rings. The third-order valence-electron chi connectivity index (χ3n) is 3.83. The first-order valence-corrected chi connectivity index (χ1v) is 8.46. The molecule has 7 heteroatoms. The van der Waals surface area contributed by atoms with Gasteiger partial charge in [0.25, 0.3) is 5.91 Å². The molecule has 0 saturated carbocycles. The topological polar surface area (TPSA) is 110 Å². The summed E-state index contributed by atoms with van der Waals surface area (Å²) in [6.07, 6.45) is 1.80. The van der Waals surface area contributed by atoms with Crippen LogP contribution in [0.15, 0.2) is 60.8 Å². The van der Waals surface area contributed by atoms with Gasteiger partial charge in [0.05, 0.1) is 23.3 Å². The van der Waals surface area contributed by atoms with E-state index >= 15 is 0 Å². The molecule has 27 heavy (non-hydrogen) atoms. The van der Waals surface area contributed by atoms with Crippen LogP contribution in [0.4, 0.5) is 17.2 Å². The molecule has 3 aromatic rings. The Morgan fingerprint density at radius 2 is 1.78 bits per heavy atom. The van der Waals surface area contributed by atoms with Crippen LogP contribution in [-0.4, -0.2) is 21.8 Å². The van der Waals surface area contributed by atoms with E-state index in [0.29, 0.717) is 23.5 Å². The molecule has 136 valence electrons. The van der Waals surface area contributed by atoms with Crippen LogP contribution in [0.25, 0.3) is 11.3 Å².